The minimum Gasteiger partial charge on any atom is -0.350 e. The molecule has 0 aliphatic heterocycles. The fourth-order valence-corrected chi connectivity index (χ4v) is 0.383. The molecule has 0 aliphatic rings. The van der Waals surface area contributed by atoms with E-state index < -0.39 is 0 Å². The minimum absolute atomic E-state index is 0.106. The molecule has 2 nitrogen and oxygen atoms in total. The van der Waals surface area contributed by atoms with E-state index in [1.165, 1.54) is 0 Å². The third-order valence-electron chi connectivity index (χ3n) is 0.984. The van der Waals surface area contributed by atoms with Crippen LogP contribution >= 0.6 is 0 Å². The highest BCUT2D eigenvalue weighted by molar-refractivity contribution is 4.59. The van der Waals surface area contributed by atoms with Gasteiger partial charge in [0.25, 0.3) is 0 Å². The molecule has 0 saturated carbocycles. The fourth-order valence-electron chi connectivity index (χ4n) is 0.383. The van der Waals surface area contributed by atoms with E-state index in [-0.39, 0.29) is 11.2 Å². The Hall–Kier alpha value is -0.0800. The van der Waals surface area contributed by atoms with Crippen molar-refractivity contribution in [2.75, 3.05) is 6.79 Å². The number of ether oxygens (including phenoxy) is 2. The molecule has 0 amide bonds. The van der Waals surface area contributed by atoms with E-state index >= 15 is 0 Å². The molecule has 0 unspecified atom stereocenters. The number of hydrogen-bond acceptors (Lipinski definition) is 2. The number of rotatable bonds is 2. The Morgan fingerprint density at radius 1 is 0.600 bits per heavy atom. The zero-order valence-electron chi connectivity index (χ0n) is 12.5. The molecule has 0 spiro atoms. The van der Waals surface area contributed by atoms with E-state index in [2.05, 4.69) is 0 Å². The van der Waals surface area contributed by atoms with Crippen molar-refractivity contribution in [3.63, 3.8) is 0 Å². The van der Waals surface area contributed by atoms with Crippen LogP contribution in [-0.4, -0.2) is 18.0 Å². The summed E-state index contributed by atoms with van der Waals surface area (Å²) in [6.45, 7) is 20.4. The van der Waals surface area contributed by atoms with Crippen LogP contribution in [0.25, 0.3) is 0 Å². The molecule has 0 aromatic heterocycles. The monoisotopic (exact) mass is 220 g/mol. The highest BCUT2D eigenvalue weighted by atomic mass is 16.7. The first-order chi connectivity index (χ1) is 6.71. The van der Waals surface area contributed by atoms with Crippen LogP contribution in [0.3, 0.4) is 0 Å². The average Bonchev–Trinajstić information content (AvgIpc) is 2.07. The van der Waals surface area contributed by atoms with Gasteiger partial charge in [-0.15, -0.1) is 0 Å². The molecule has 15 heavy (non-hydrogen) atoms. The van der Waals surface area contributed by atoms with Gasteiger partial charge in [-0.05, 0) is 41.5 Å². The molecule has 0 radical (unpaired) electrons. The molecule has 0 aromatic rings. The molecule has 0 rings (SSSR count). The lowest BCUT2D eigenvalue weighted by Crippen LogP contribution is -2.26. The third-order valence-corrected chi connectivity index (χ3v) is 0.984. The van der Waals surface area contributed by atoms with Crippen LogP contribution in [0.1, 0.15) is 69.2 Å². The summed E-state index contributed by atoms with van der Waals surface area (Å²) in [5.41, 5.74) is -0.212. The van der Waals surface area contributed by atoms with Crippen molar-refractivity contribution in [1.29, 1.82) is 0 Å². The van der Waals surface area contributed by atoms with Crippen molar-refractivity contribution in [3.8, 4) is 0 Å². The standard InChI is InChI=1S/C9H20O2.2C2H6/c1-8(2,3)10-7-11-9(4,5)6;2*1-2/h7H2,1-6H3;2*1-2H3. The van der Waals surface area contributed by atoms with Crippen LogP contribution in [-0.2, 0) is 9.47 Å². The topological polar surface area (TPSA) is 18.5 Å². The summed E-state index contributed by atoms with van der Waals surface area (Å²) in [6.07, 6.45) is 0. The van der Waals surface area contributed by atoms with Crippen LogP contribution in [0, 0.1) is 0 Å². The lowest BCUT2D eigenvalue weighted by Gasteiger charge is -2.24. The largest absolute Gasteiger partial charge is 0.350 e. The van der Waals surface area contributed by atoms with E-state index in [1.54, 1.807) is 0 Å². The van der Waals surface area contributed by atoms with Gasteiger partial charge in [-0.25, -0.2) is 0 Å². The van der Waals surface area contributed by atoms with Gasteiger partial charge in [0.15, 0.2) is 0 Å². The number of hydrogen-bond donors (Lipinski definition) is 0. The second-order valence-corrected chi connectivity index (χ2v) is 4.63. The third kappa shape index (κ3) is 31.5. The van der Waals surface area contributed by atoms with Gasteiger partial charge in [0.2, 0.25) is 0 Å². The van der Waals surface area contributed by atoms with Gasteiger partial charge in [-0.1, -0.05) is 27.7 Å². The quantitative estimate of drug-likeness (QED) is 0.632. The Kier molecular flexibility index (Phi) is 14.2. The van der Waals surface area contributed by atoms with Gasteiger partial charge in [0.05, 0.1) is 11.2 Å². The second kappa shape index (κ2) is 10.4. The van der Waals surface area contributed by atoms with E-state index in [9.17, 15) is 0 Å². The summed E-state index contributed by atoms with van der Waals surface area (Å²) >= 11 is 0. The molecule has 0 aliphatic carbocycles. The molecule has 0 heterocycles. The van der Waals surface area contributed by atoms with Crippen LogP contribution in [0.2, 0.25) is 0 Å². The maximum Gasteiger partial charge on any atom is 0.148 e. The Balaban J connectivity index is -0.000000318. The van der Waals surface area contributed by atoms with E-state index in [1.807, 2.05) is 69.2 Å². The zero-order valence-corrected chi connectivity index (χ0v) is 12.5. The Morgan fingerprint density at radius 3 is 0.933 bits per heavy atom. The summed E-state index contributed by atoms with van der Waals surface area (Å²) in [7, 11) is 0. The predicted molar refractivity (Wildman–Crippen MR) is 69.2 cm³/mol. The minimum atomic E-state index is -0.106. The highest BCUT2D eigenvalue weighted by Gasteiger charge is 2.14. The molecule has 0 atom stereocenters. The molecule has 0 fully saturated rings. The molecule has 0 saturated heterocycles. The van der Waals surface area contributed by atoms with Crippen molar-refractivity contribution >= 4 is 0 Å². The molecule has 2 heteroatoms. The summed E-state index contributed by atoms with van der Waals surface area (Å²) in [5, 5.41) is 0. The normalized spacial score (nSPS) is 10.8. The van der Waals surface area contributed by atoms with Gasteiger partial charge in [0, 0.05) is 0 Å². The van der Waals surface area contributed by atoms with Crippen LogP contribution in [0.15, 0.2) is 0 Å². The molecular weight excluding hydrogens is 188 g/mol. The first kappa shape index (κ1) is 20.3. The summed E-state index contributed by atoms with van der Waals surface area (Å²) in [4.78, 5) is 0. The Bertz CT molecular complexity index is 92.7. The van der Waals surface area contributed by atoms with Crippen molar-refractivity contribution in [2.24, 2.45) is 0 Å². The van der Waals surface area contributed by atoms with Crippen LogP contribution in [0.4, 0.5) is 0 Å². The van der Waals surface area contributed by atoms with Gasteiger partial charge in [-0.3, -0.25) is 0 Å². The van der Waals surface area contributed by atoms with Crippen molar-refractivity contribution in [3.05, 3.63) is 0 Å². The lowest BCUT2D eigenvalue weighted by atomic mass is 10.2. The average molecular weight is 220 g/mol. The molecule has 96 valence electrons. The van der Waals surface area contributed by atoms with Gasteiger partial charge < -0.3 is 9.47 Å². The summed E-state index contributed by atoms with van der Waals surface area (Å²) < 4.78 is 10.8. The molecule has 0 N–H and O–H groups in total. The summed E-state index contributed by atoms with van der Waals surface area (Å²) in [6, 6.07) is 0. The summed E-state index contributed by atoms with van der Waals surface area (Å²) in [5.74, 6) is 0. The fraction of sp³-hybridized carbons (Fsp3) is 1.00. The lowest BCUT2D eigenvalue weighted by molar-refractivity contribution is -0.163. The second-order valence-electron chi connectivity index (χ2n) is 4.63. The zero-order chi connectivity index (χ0) is 13.1. The van der Waals surface area contributed by atoms with Crippen molar-refractivity contribution in [1.82, 2.24) is 0 Å². The Labute approximate surface area is 97.4 Å². The maximum atomic E-state index is 5.38. The first-order valence-electron chi connectivity index (χ1n) is 5.99. The first-order valence-corrected chi connectivity index (χ1v) is 5.99. The van der Waals surface area contributed by atoms with Crippen molar-refractivity contribution in [2.45, 2.75) is 80.4 Å². The van der Waals surface area contributed by atoms with Crippen LogP contribution in [0.5, 0.6) is 0 Å². The Morgan fingerprint density at radius 2 is 0.800 bits per heavy atom. The molecule has 0 aromatic carbocycles. The predicted octanol–water partition coefficient (Wildman–Crippen LogP) is 4.63. The van der Waals surface area contributed by atoms with E-state index in [4.69, 9.17) is 9.47 Å². The van der Waals surface area contributed by atoms with E-state index in [0.29, 0.717) is 6.79 Å². The SMILES string of the molecule is CC.CC.CC(C)(C)OCOC(C)(C)C. The van der Waals surface area contributed by atoms with E-state index in [0.717, 1.165) is 0 Å². The van der Waals surface area contributed by atoms with Gasteiger partial charge in [-0.2, -0.15) is 0 Å². The highest BCUT2D eigenvalue weighted by Crippen LogP contribution is 2.11. The van der Waals surface area contributed by atoms with Gasteiger partial charge in [0.1, 0.15) is 6.79 Å². The van der Waals surface area contributed by atoms with Crippen molar-refractivity contribution < 1.29 is 9.47 Å². The molecular formula is C13H32O2. The van der Waals surface area contributed by atoms with Gasteiger partial charge >= 0.3 is 0 Å². The smallest absolute Gasteiger partial charge is 0.148 e. The van der Waals surface area contributed by atoms with Crippen LogP contribution < -0.4 is 0 Å². The molecule has 0 bridgehead atoms. The maximum absolute atomic E-state index is 5.38.